The topological polar surface area (TPSA) is 66.5 Å². The fraction of sp³-hybridized carbons (Fsp3) is 0.533. The van der Waals surface area contributed by atoms with E-state index in [2.05, 4.69) is 5.32 Å². The molecule has 1 N–H and O–H groups in total. The lowest BCUT2D eigenvalue weighted by molar-refractivity contribution is -0.130. The van der Waals surface area contributed by atoms with E-state index in [4.69, 9.17) is 0 Å². The molecule has 1 atom stereocenters. The predicted octanol–water partition coefficient (Wildman–Crippen LogP) is 1.08. The van der Waals surface area contributed by atoms with Crippen LogP contribution in [-0.2, 0) is 14.6 Å². The Labute approximate surface area is 125 Å². The van der Waals surface area contributed by atoms with Crippen LogP contribution in [0.15, 0.2) is 30.3 Å². The van der Waals surface area contributed by atoms with Gasteiger partial charge in [0.05, 0.1) is 5.75 Å². The van der Waals surface area contributed by atoms with Crippen molar-refractivity contribution in [2.75, 3.05) is 18.6 Å². The summed E-state index contributed by atoms with van der Waals surface area (Å²) in [4.78, 5) is 14.3. The second-order valence-electron chi connectivity index (χ2n) is 6.02. The summed E-state index contributed by atoms with van der Waals surface area (Å²) in [7, 11) is -2.99. The van der Waals surface area contributed by atoms with Crippen LogP contribution in [0.1, 0.15) is 31.0 Å². The van der Waals surface area contributed by atoms with E-state index < -0.39 is 9.84 Å². The maximum absolute atomic E-state index is 12.5. The van der Waals surface area contributed by atoms with Crippen molar-refractivity contribution in [2.24, 2.45) is 0 Å². The summed E-state index contributed by atoms with van der Waals surface area (Å²) in [6, 6.07) is 9.84. The van der Waals surface area contributed by atoms with Crippen LogP contribution in [0.25, 0.3) is 0 Å². The van der Waals surface area contributed by atoms with Gasteiger partial charge >= 0.3 is 0 Å². The summed E-state index contributed by atoms with van der Waals surface area (Å²) in [6.45, 7) is 0.472. The maximum Gasteiger partial charge on any atom is 0.244 e. The summed E-state index contributed by atoms with van der Waals surface area (Å²) >= 11 is 0. The van der Waals surface area contributed by atoms with E-state index in [1.807, 2.05) is 30.3 Å². The number of amides is 1. The van der Waals surface area contributed by atoms with E-state index in [0.717, 1.165) is 18.4 Å². The van der Waals surface area contributed by atoms with Gasteiger partial charge in [-0.05, 0) is 24.8 Å². The van der Waals surface area contributed by atoms with Gasteiger partial charge < -0.3 is 4.90 Å². The third-order valence-corrected chi connectivity index (χ3v) is 5.20. The number of nitrogens with zero attached hydrogens (tertiary/aromatic N) is 1. The second-order valence-corrected chi connectivity index (χ2v) is 8.28. The lowest BCUT2D eigenvalue weighted by Gasteiger charge is -2.24. The van der Waals surface area contributed by atoms with Crippen LogP contribution in [0.4, 0.5) is 0 Å². The number of nitrogens with one attached hydrogen (secondary N) is 1. The SMILES string of the molecule is CS(=O)(=O)CCCN1C(=O)C2(CC2)NC1c1ccccc1. The Morgan fingerprint density at radius 1 is 1.29 bits per heavy atom. The minimum atomic E-state index is -2.99. The predicted molar refractivity (Wildman–Crippen MR) is 80.3 cm³/mol. The molecule has 1 unspecified atom stereocenters. The van der Waals surface area contributed by atoms with Crippen molar-refractivity contribution in [1.29, 1.82) is 0 Å². The number of benzene rings is 1. The zero-order chi connectivity index (χ0) is 15.1. The highest BCUT2D eigenvalue weighted by atomic mass is 32.2. The molecule has 2 fully saturated rings. The van der Waals surface area contributed by atoms with Crippen molar-refractivity contribution < 1.29 is 13.2 Å². The van der Waals surface area contributed by atoms with Crippen LogP contribution in [0, 0.1) is 0 Å². The standard InChI is InChI=1S/C15H20N2O3S/c1-21(19,20)11-5-10-17-13(12-6-3-2-4-7-12)16-15(8-9-15)14(17)18/h2-4,6-7,13,16H,5,8-11H2,1H3. The molecule has 3 rings (SSSR count). The van der Waals surface area contributed by atoms with E-state index in [0.29, 0.717) is 13.0 Å². The van der Waals surface area contributed by atoms with Gasteiger partial charge in [-0.25, -0.2) is 8.42 Å². The van der Waals surface area contributed by atoms with E-state index >= 15 is 0 Å². The van der Waals surface area contributed by atoms with Gasteiger partial charge in [-0.1, -0.05) is 30.3 Å². The van der Waals surface area contributed by atoms with E-state index in [9.17, 15) is 13.2 Å². The first-order chi connectivity index (χ1) is 9.91. The van der Waals surface area contributed by atoms with Gasteiger partial charge in [0.1, 0.15) is 21.5 Å². The highest BCUT2D eigenvalue weighted by Crippen LogP contribution is 2.45. The summed E-state index contributed by atoms with van der Waals surface area (Å²) in [5.74, 6) is 0.232. The van der Waals surface area contributed by atoms with Crippen molar-refractivity contribution in [3.63, 3.8) is 0 Å². The minimum Gasteiger partial charge on any atom is -0.321 e. The summed E-state index contributed by atoms with van der Waals surface area (Å²) < 4.78 is 22.5. The van der Waals surface area contributed by atoms with Crippen molar-refractivity contribution in [1.82, 2.24) is 10.2 Å². The number of rotatable bonds is 5. The fourth-order valence-electron chi connectivity index (χ4n) is 2.90. The lowest BCUT2D eigenvalue weighted by atomic mass is 10.1. The molecule has 2 aliphatic rings. The van der Waals surface area contributed by atoms with E-state index in [1.165, 1.54) is 6.26 Å². The van der Waals surface area contributed by atoms with E-state index in [-0.39, 0.29) is 23.4 Å². The molecule has 1 aromatic carbocycles. The van der Waals surface area contributed by atoms with E-state index in [1.54, 1.807) is 4.90 Å². The minimum absolute atomic E-state index is 0.116. The number of sulfone groups is 1. The summed E-state index contributed by atoms with van der Waals surface area (Å²) in [6.07, 6.45) is 3.32. The van der Waals surface area contributed by atoms with Gasteiger partial charge in [0.15, 0.2) is 0 Å². The van der Waals surface area contributed by atoms with Gasteiger partial charge in [-0.15, -0.1) is 0 Å². The quantitative estimate of drug-likeness (QED) is 0.884. The zero-order valence-electron chi connectivity index (χ0n) is 12.1. The molecule has 0 bridgehead atoms. The molecule has 1 saturated heterocycles. The third-order valence-electron chi connectivity index (χ3n) is 4.17. The molecule has 1 aromatic rings. The van der Waals surface area contributed by atoms with Crippen LogP contribution in [-0.4, -0.2) is 43.3 Å². The molecular weight excluding hydrogens is 288 g/mol. The van der Waals surface area contributed by atoms with Crippen LogP contribution in [0.3, 0.4) is 0 Å². The monoisotopic (exact) mass is 308 g/mol. The maximum atomic E-state index is 12.5. The molecule has 1 saturated carbocycles. The largest absolute Gasteiger partial charge is 0.321 e. The molecular formula is C15H20N2O3S. The Morgan fingerprint density at radius 3 is 2.52 bits per heavy atom. The van der Waals surface area contributed by atoms with Gasteiger partial charge in [0.2, 0.25) is 5.91 Å². The Bertz CT molecular complexity index is 638. The molecule has 1 amide bonds. The van der Waals surface area contributed by atoms with Crippen molar-refractivity contribution in [2.45, 2.75) is 31.0 Å². The molecule has 1 spiro atoms. The van der Waals surface area contributed by atoms with Crippen LogP contribution < -0.4 is 5.32 Å². The number of hydrogen-bond donors (Lipinski definition) is 1. The van der Waals surface area contributed by atoms with Gasteiger partial charge in [0, 0.05) is 12.8 Å². The molecule has 1 aliphatic heterocycles. The molecule has 1 heterocycles. The smallest absolute Gasteiger partial charge is 0.244 e. The van der Waals surface area contributed by atoms with Gasteiger partial charge in [0.25, 0.3) is 0 Å². The molecule has 1 aliphatic carbocycles. The summed E-state index contributed by atoms with van der Waals surface area (Å²) in [5, 5.41) is 3.43. The Kier molecular flexibility index (Phi) is 3.53. The highest BCUT2D eigenvalue weighted by molar-refractivity contribution is 7.90. The zero-order valence-corrected chi connectivity index (χ0v) is 12.9. The molecule has 6 heteroatoms. The van der Waals surface area contributed by atoms with Crippen molar-refractivity contribution in [3.8, 4) is 0 Å². The Balaban J connectivity index is 1.76. The van der Waals surface area contributed by atoms with Crippen LogP contribution in [0.2, 0.25) is 0 Å². The number of carbonyl (C=O) groups excluding carboxylic acids is 1. The molecule has 0 radical (unpaired) electrons. The fourth-order valence-corrected chi connectivity index (χ4v) is 3.56. The third kappa shape index (κ3) is 2.96. The normalized spacial score (nSPS) is 23.8. The summed E-state index contributed by atoms with van der Waals surface area (Å²) in [5.41, 5.74) is 0.667. The van der Waals surface area contributed by atoms with Gasteiger partial charge in [-0.2, -0.15) is 0 Å². The first kappa shape index (κ1) is 14.5. The first-order valence-electron chi connectivity index (χ1n) is 7.23. The van der Waals surface area contributed by atoms with Crippen molar-refractivity contribution in [3.05, 3.63) is 35.9 Å². The molecule has 0 aromatic heterocycles. The van der Waals surface area contributed by atoms with Crippen LogP contribution in [0.5, 0.6) is 0 Å². The molecule has 5 nitrogen and oxygen atoms in total. The highest BCUT2D eigenvalue weighted by Gasteiger charge is 2.59. The average Bonchev–Trinajstić information content (AvgIpc) is 3.16. The van der Waals surface area contributed by atoms with Crippen LogP contribution >= 0.6 is 0 Å². The Morgan fingerprint density at radius 2 is 1.95 bits per heavy atom. The molecule has 21 heavy (non-hydrogen) atoms. The van der Waals surface area contributed by atoms with Gasteiger partial charge in [-0.3, -0.25) is 10.1 Å². The van der Waals surface area contributed by atoms with Crippen molar-refractivity contribution >= 4 is 15.7 Å². The average molecular weight is 308 g/mol. The molecule has 114 valence electrons. The number of carbonyl (C=O) groups is 1. The first-order valence-corrected chi connectivity index (χ1v) is 9.29. The second kappa shape index (κ2) is 5.10. The lowest BCUT2D eigenvalue weighted by Crippen LogP contribution is -2.33. The Hall–Kier alpha value is -1.40. The number of hydrogen-bond acceptors (Lipinski definition) is 4.